The van der Waals surface area contributed by atoms with Crippen LogP contribution in [0.25, 0.3) is 121 Å². The van der Waals surface area contributed by atoms with Crippen LogP contribution in [0.2, 0.25) is 0 Å². The highest BCUT2D eigenvalue weighted by molar-refractivity contribution is 6.23. The minimum Gasteiger partial charge on any atom is -0.306 e. The molecule has 0 atom stereocenters. The first-order valence-electron chi connectivity index (χ1n) is 21.8. The van der Waals surface area contributed by atoms with Gasteiger partial charge in [-0.3, -0.25) is 0 Å². The Kier molecular flexibility index (Phi) is 8.18. The van der Waals surface area contributed by atoms with E-state index in [1.165, 1.54) is 87.6 Å². The summed E-state index contributed by atoms with van der Waals surface area (Å²) >= 11 is 0. The fourth-order valence-corrected chi connectivity index (χ4v) is 10.1. The Morgan fingerprint density at radius 3 is 0.719 bits per heavy atom. The van der Waals surface area contributed by atoms with E-state index in [0.29, 0.717) is 0 Å². The fourth-order valence-electron chi connectivity index (χ4n) is 10.1. The third kappa shape index (κ3) is 5.77. The predicted molar refractivity (Wildman–Crippen MR) is 267 cm³/mol. The van der Waals surface area contributed by atoms with Gasteiger partial charge < -0.3 is 8.80 Å². The molecule has 0 fully saturated rings. The van der Waals surface area contributed by atoms with Crippen LogP contribution in [0.3, 0.4) is 0 Å². The van der Waals surface area contributed by atoms with Gasteiger partial charge in [0.2, 0.25) is 0 Å². The summed E-state index contributed by atoms with van der Waals surface area (Å²) in [6.07, 6.45) is 8.28. The monoisotopic (exact) mass is 814 g/mol. The molecule has 0 saturated heterocycles. The Labute approximate surface area is 369 Å². The molecule has 0 bridgehead atoms. The highest BCUT2D eigenvalue weighted by atomic mass is 15.0. The van der Waals surface area contributed by atoms with Crippen molar-refractivity contribution < 1.29 is 0 Å². The summed E-state index contributed by atoms with van der Waals surface area (Å²) in [5.41, 5.74) is 15.8. The van der Waals surface area contributed by atoms with Crippen LogP contribution in [0, 0.1) is 0 Å². The van der Waals surface area contributed by atoms with Crippen LogP contribution in [0.1, 0.15) is 0 Å². The molecule has 13 rings (SSSR count). The lowest BCUT2D eigenvalue weighted by molar-refractivity contribution is 1.19. The second-order valence-corrected chi connectivity index (χ2v) is 16.6. The summed E-state index contributed by atoms with van der Waals surface area (Å²) < 4.78 is 4.14. The molecule has 0 spiro atoms. The van der Waals surface area contributed by atoms with E-state index in [1.54, 1.807) is 0 Å². The topological polar surface area (TPSA) is 34.6 Å². The maximum atomic E-state index is 4.88. The molecule has 0 aliphatic heterocycles. The van der Waals surface area contributed by atoms with Gasteiger partial charge in [-0.25, -0.2) is 9.97 Å². The van der Waals surface area contributed by atoms with Crippen LogP contribution in [0.4, 0.5) is 0 Å². The smallest absolute Gasteiger partial charge is 0.137 e. The van der Waals surface area contributed by atoms with Crippen LogP contribution in [0.15, 0.2) is 231 Å². The summed E-state index contributed by atoms with van der Waals surface area (Å²) in [4.78, 5) is 9.76. The van der Waals surface area contributed by atoms with Gasteiger partial charge in [0.1, 0.15) is 11.3 Å². The average molecular weight is 815 g/mol. The van der Waals surface area contributed by atoms with Crippen molar-refractivity contribution in [3.05, 3.63) is 231 Å². The number of hydrogen-bond donors (Lipinski definition) is 0. The van der Waals surface area contributed by atoms with Gasteiger partial charge in [0.25, 0.3) is 0 Å². The van der Waals surface area contributed by atoms with Gasteiger partial charge in [0.05, 0.1) is 11.4 Å². The van der Waals surface area contributed by atoms with E-state index in [0.717, 1.165) is 33.8 Å². The van der Waals surface area contributed by atoms with E-state index >= 15 is 0 Å². The Morgan fingerprint density at radius 2 is 0.469 bits per heavy atom. The number of pyridine rings is 2. The van der Waals surface area contributed by atoms with Gasteiger partial charge in [0, 0.05) is 35.9 Å². The highest BCUT2D eigenvalue weighted by Gasteiger charge is 2.20. The summed E-state index contributed by atoms with van der Waals surface area (Å²) in [5.74, 6) is 0. The summed E-state index contributed by atoms with van der Waals surface area (Å²) in [6.45, 7) is 0. The van der Waals surface area contributed by atoms with E-state index in [2.05, 4.69) is 191 Å². The Balaban J connectivity index is 0.916. The number of aromatic nitrogens is 4. The maximum Gasteiger partial charge on any atom is 0.137 e. The lowest BCUT2D eigenvalue weighted by atomic mass is 9.84. The number of rotatable bonds is 6. The summed E-state index contributed by atoms with van der Waals surface area (Å²) in [5, 5.41) is 9.89. The third-order valence-electron chi connectivity index (χ3n) is 13.0. The van der Waals surface area contributed by atoms with Gasteiger partial charge in [-0.05, 0) is 112 Å². The molecular weight excluding hydrogens is 777 g/mol. The number of hydrogen-bond acceptors (Lipinski definition) is 2. The zero-order valence-corrected chi connectivity index (χ0v) is 34.7. The van der Waals surface area contributed by atoms with Crippen LogP contribution >= 0.6 is 0 Å². The predicted octanol–water partition coefficient (Wildman–Crippen LogP) is 15.6. The van der Waals surface area contributed by atoms with Crippen molar-refractivity contribution in [1.82, 2.24) is 18.8 Å². The first-order valence-corrected chi connectivity index (χ1v) is 21.8. The molecule has 0 aliphatic carbocycles. The van der Waals surface area contributed by atoms with E-state index < -0.39 is 0 Å². The number of fused-ring (bicyclic) bond motifs is 6. The Bertz CT molecular complexity index is 3490. The van der Waals surface area contributed by atoms with Crippen molar-refractivity contribution in [1.29, 1.82) is 0 Å². The minimum absolute atomic E-state index is 0.945. The van der Waals surface area contributed by atoms with E-state index in [4.69, 9.17) is 9.97 Å². The second kappa shape index (κ2) is 14.5. The maximum absolute atomic E-state index is 4.88. The largest absolute Gasteiger partial charge is 0.306 e. The summed E-state index contributed by atoms with van der Waals surface area (Å²) in [7, 11) is 0. The molecule has 13 aromatic rings. The Hall–Kier alpha value is -8.60. The van der Waals surface area contributed by atoms with Crippen LogP contribution < -0.4 is 0 Å². The van der Waals surface area contributed by atoms with Crippen molar-refractivity contribution in [2.45, 2.75) is 0 Å². The van der Waals surface area contributed by atoms with Crippen molar-refractivity contribution in [3.8, 4) is 67.0 Å². The van der Waals surface area contributed by atoms with Crippen molar-refractivity contribution in [2.24, 2.45) is 0 Å². The second-order valence-electron chi connectivity index (χ2n) is 16.6. The van der Waals surface area contributed by atoms with Crippen LogP contribution in [-0.2, 0) is 0 Å². The molecule has 0 unspecified atom stereocenters. The standard InChI is InChI=1S/C60H38N4/c1-5-17-49-45(13-1)57(41-27-23-39(24-28-41)53-37-63-35-11-9-21-55(63)61-53)46-14-2-6-18-50(46)59(49)43-31-33-44(34-32-43)60-51-19-7-3-15-47(51)58(48-16-4-8-20-52(48)60)42-29-25-40(26-30-42)54-38-64-36-12-10-22-56(64)62-54/h1-38H. The lowest BCUT2D eigenvalue weighted by Gasteiger charge is -2.19. The fraction of sp³-hybridized carbons (Fsp3) is 0. The van der Waals surface area contributed by atoms with Gasteiger partial charge in [-0.15, -0.1) is 0 Å². The Morgan fingerprint density at radius 1 is 0.234 bits per heavy atom. The van der Waals surface area contributed by atoms with Crippen molar-refractivity contribution >= 4 is 54.4 Å². The number of imidazole rings is 2. The van der Waals surface area contributed by atoms with Gasteiger partial charge in [-0.1, -0.05) is 182 Å². The molecule has 0 N–H and O–H groups in total. The first kappa shape index (κ1) is 36.1. The van der Waals surface area contributed by atoms with Crippen molar-refractivity contribution in [3.63, 3.8) is 0 Å². The normalized spacial score (nSPS) is 11.8. The van der Waals surface area contributed by atoms with E-state index in [-0.39, 0.29) is 0 Å². The molecule has 4 heteroatoms. The van der Waals surface area contributed by atoms with Crippen LogP contribution in [0.5, 0.6) is 0 Å². The zero-order chi connectivity index (χ0) is 42.1. The minimum atomic E-state index is 0.945. The van der Waals surface area contributed by atoms with E-state index in [9.17, 15) is 0 Å². The molecule has 4 aromatic heterocycles. The molecule has 64 heavy (non-hydrogen) atoms. The zero-order valence-electron chi connectivity index (χ0n) is 34.7. The number of benzene rings is 9. The average Bonchev–Trinajstić information content (AvgIpc) is 4.01. The molecule has 0 saturated carbocycles. The molecule has 0 radical (unpaired) electrons. The third-order valence-corrected chi connectivity index (χ3v) is 13.0. The highest BCUT2D eigenvalue weighted by Crippen LogP contribution is 2.47. The molecule has 0 amide bonds. The molecule has 4 nitrogen and oxygen atoms in total. The van der Waals surface area contributed by atoms with Gasteiger partial charge in [-0.2, -0.15) is 0 Å². The quantitative estimate of drug-likeness (QED) is 0.157. The van der Waals surface area contributed by atoms with Crippen molar-refractivity contribution in [2.75, 3.05) is 0 Å². The number of nitrogens with zero attached hydrogens (tertiary/aromatic N) is 4. The molecular formula is C60H38N4. The molecule has 0 aliphatic rings. The molecule has 4 heterocycles. The summed E-state index contributed by atoms with van der Waals surface area (Å²) in [6, 6.07) is 74.8. The SMILES string of the molecule is c1ccc2c(-c3ccc(-c4c5ccccc5c(-c5ccc(-c6cn7ccccc7n6)cc5)c5ccccc45)cc3)c3ccccc3c(-c3ccc(-c4cn5ccccc5n4)cc3)c2c1. The first-order chi connectivity index (χ1) is 31.7. The van der Waals surface area contributed by atoms with Crippen LogP contribution in [-0.4, -0.2) is 18.8 Å². The van der Waals surface area contributed by atoms with Gasteiger partial charge in [0.15, 0.2) is 0 Å². The molecule has 298 valence electrons. The lowest BCUT2D eigenvalue weighted by Crippen LogP contribution is -1.92. The van der Waals surface area contributed by atoms with Gasteiger partial charge >= 0.3 is 0 Å². The van der Waals surface area contributed by atoms with E-state index in [1.807, 2.05) is 48.8 Å². The molecule has 9 aromatic carbocycles.